The normalized spacial score (nSPS) is 14.2. The van der Waals surface area contributed by atoms with Crippen molar-refractivity contribution in [3.8, 4) is 11.5 Å². The van der Waals surface area contributed by atoms with Crippen LogP contribution in [0.2, 0.25) is 0 Å². The van der Waals surface area contributed by atoms with Crippen molar-refractivity contribution < 1.29 is 9.47 Å². The molecular weight excluding hydrogens is 587 g/mol. The fourth-order valence-corrected chi connectivity index (χ4v) is 6.46. The summed E-state index contributed by atoms with van der Waals surface area (Å²) in [5.74, 6) is 1.78. The number of benzene rings is 2. The fourth-order valence-electron chi connectivity index (χ4n) is 5.66. The number of aromatic nitrogens is 1. The van der Waals surface area contributed by atoms with Gasteiger partial charge in [-0.2, -0.15) is 0 Å². The zero-order chi connectivity index (χ0) is 26.0. The van der Waals surface area contributed by atoms with Gasteiger partial charge in [0.25, 0.3) is 0 Å². The summed E-state index contributed by atoms with van der Waals surface area (Å²) >= 11 is 1.57. The predicted molar refractivity (Wildman–Crippen MR) is 178 cm³/mol. The number of thiazole rings is 1. The number of unbranched alkanes of at least 4 members (excludes halogenated alkanes) is 3. The van der Waals surface area contributed by atoms with Crippen LogP contribution in [-0.2, 0) is 19.3 Å². The first kappa shape index (κ1) is 36.5. The Kier molecular flexibility index (Phi) is 17.2. The van der Waals surface area contributed by atoms with Gasteiger partial charge in [0.1, 0.15) is 0 Å². The number of nitrogens with two attached hydrogens (primary N) is 1. The van der Waals surface area contributed by atoms with Crippen LogP contribution < -0.4 is 20.5 Å². The predicted octanol–water partition coefficient (Wildman–Crippen LogP) is 7.12. The second-order valence-electron chi connectivity index (χ2n) is 10.1. The third kappa shape index (κ3) is 9.81. The molecule has 0 saturated heterocycles. The molecule has 226 valence electrons. The van der Waals surface area contributed by atoms with E-state index in [2.05, 4.69) is 52.5 Å². The molecule has 0 aliphatic heterocycles. The van der Waals surface area contributed by atoms with Gasteiger partial charge in [0, 0.05) is 11.6 Å². The van der Waals surface area contributed by atoms with E-state index in [4.69, 9.17) is 15.2 Å². The van der Waals surface area contributed by atoms with E-state index in [0.717, 1.165) is 49.4 Å². The monoisotopic (exact) mass is 632 g/mol. The lowest BCUT2D eigenvalue weighted by Crippen LogP contribution is -2.40. The minimum atomic E-state index is 0. The summed E-state index contributed by atoms with van der Waals surface area (Å²) in [6.07, 6.45) is 10.8. The van der Waals surface area contributed by atoms with Crippen LogP contribution in [0, 0.1) is 0 Å². The fraction of sp³-hybridized carbons (Fsp3) is 0.567. The van der Waals surface area contributed by atoms with Gasteiger partial charge in [-0.05, 0) is 100 Å². The Labute approximate surface area is 263 Å². The zero-order valence-electron chi connectivity index (χ0n) is 24.1. The van der Waals surface area contributed by atoms with Crippen molar-refractivity contribution in [1.29, 1.82) is 0 Å². The van der Waals surface area contributed by atoms with E-state index in [1.54, 1.807) is 25.6 Å². The highest BCUT2D eigenvalue weighted by Crippen LogP contribution is 2.38. The van der Waals surface area contributed by atoms with Gasteiger partial charge in [-0.25, -0.2) is 4.98 Å². The number of nitrogens with one attached hydrogen (secondary N) is 1. The third-order valence-electron chi connectivity index (χ3n) is 7.56. The van der Waals surface area contributed by atoms with Crippen LogP contribution in [0.15, 0.2) is 30.3 Å². The number of ether oxygens (including phenoxy) is 2. The van der Waals surface area contributed by atoms with Crippen LogP contribution in [0.5, 0.6) is 11.5 Å². The van der Waals surface area contributed by atoms with E-state index in [9.17, 15) is 0 Å². The minimum Gasteiger partial charge on any atom is -0.493 e. The Morgan fingerprint density at radius 3 is 2.55 bits per heavy atom. The average molecular weight is 634 g/mol. The van der Waals surface area contributed by atoms with Gasteiger partial charge in [0.2, 0.25) is 0 Å². The van der Waals surface area contributed by atoms with Crippen molar-refractivity contribution in [2.24, 2.45) is 0 Å². The first-order chi connectivity index (χ1) is 18.1. The molecule has 40 heavy (non-hydrogen) atoms. The molecule has 3 aromatic rings. The van der Waals surface area contributed by atoms with Gasteiger partial charge < -0.3 is 25.4 Å². The summed E-state index contributed by atoms with van der Waals surface area (Å²) in [5, 5.41) is 4.27. The molecule has 1 aliphatic carbocycles. The summed E-state index contributed by atoms with van der Waals surface area (Å²) in [5.41, 5.74) is 10.9. The van der Waals surface area contributed by atoms with E-state index < -0.39 is 0 Å². The van der Waals surface area contributed by atoms with Gasteiger partial charge in [-0.3, -0.25) is 0 Å². The van der Waals surface area contributed by atoms with Crippen molar-refractivity contribution in [2.75, 3.05) is 46.1 Å². The van der Waals surface area contributed by atoms with E-state index in [1.165, 1.54) is 73.0 Å². The van der Waals surface area contributed by atoms with E-state index >= 15 is 0 Å². The first-order valence-corrected chi connectivity index (χ1v) is 14.8. The Hall–Kier alpha value is -1.48. The Balaban J connectivity index is 0.00000267. The molecule has 0 saturated carbocycles. The molecular formula is C30H47Cl3N4O2S. The number of halogens is 3. The molecule has 0 spiro atoms. The number of hydrogen-bond donors (Lipinski definition) is 2. The molecule has 1 aliphatic rings. The molecule has 4 rings (SSSR count). The molecule has 1 aromatic heterocycles. The van der Waals surface area contributed by atoms with Crippen molar-refractivity contribution in [3.05, 3.63) is 47.0 Å². The number of fused-ring (bicyclic) bond motifs is 2. The quantitative estimate of drug-likeness (QED) is 0.174. The maximum atomic E-state index is 5.82. The van der Waals surface area contributed by atoms with Crippen LogP contribution in [0.4, 0.5) is 5.13 Å². The standard InChI is InChI=1S/C30H44N4O2S.3ClH/c1-4-18-34(24-11-12-25-23(21-24)10-14-27(35-2)29(25)36-3)19-8-6-5-7-16-32-17-15-22-9-13-26-28(20-22)37-30(31)33-26;;;/h9-10,13-14,20,24,32H,4-8,11-12,15-19,21H2,1-3H3,(H2,31,33);3*1H/t24-;;;/m0.../s1. The van der Waals surface area contributed by atoms with E-state index in [-0.39, 0.29) is 37.2 Å². The smallest absolute Gasteiger partial charge is 0.181 e. The summed E-state index contributed by atoms with van der Waals surface area (Å²) < 4.78 is 12.4. The van der Waals surface area contributed by atoms with Crippen LogP contribution in [0.25, 0.3) is 10.2 Å². The highest BCUT2D eigenvalue weighted by atomic mass is 35.5. The summed E-state index contributed by atoms with van der Waals surface area (Å²) in [7, 11) is 3.47. The Morgan fingerprint density at radius 2 is 1.80 bits per heavy atom. The molecule has 1 atom stereocenters. The molecule has 0 bridgehead atoms. The first-order valence-electron chi connectivity index (χ1n) is 13.9. The number of nitrogen functional groups attached to an aromatic ring is 1. The lowest BCUT2D eigenvalue weighted by molar-refractivity contribution is 0.175. The summed E-state index contributed by atoms with van der Waals surface area (Å²) in [4.78, 5) is 7.08. The molecule has 10 heteroatoms. The van der Waals surface area contributed by atoms with Crippen molar-refractivity contribution >= 4 is 63.9 Å². The second kappa shape index (κ2) is 18.9. The average Bonchev–Trinajstić information content (AvgIpc) is 3.29. The second-order valence-corrected chi connectivity index (χ2v) is 11.2. The van der Waals surface area contributed by atoms with Gasteiger partial charge in [-0.1, -0.05) is 43.2 Å². The lowest BCUT2D eigenvalue weighted by atomic mass is 9.86. The van der Waals surface area contributed by atoms with Crippen molar-refractivity contribution in [1.82, 2.24) is 15.2 Å². The molecule has 0 amide bonds. The molecule has 3 N–H and O–H groups in total. The van der Waals surface area contributed by atoms with Gasteiger partial charge >= 0.3 is 0 Å². The number of nitrogens with zero attached hydrogens (tertiary/aromatic N) is 2. The molecule has 1 heterocycles. The third-order valence-corrected chi connectivity index (χ3v) is 8.41. The number of hydrogen-bond acceptors (Lipinski definition) is 7. The maximum Gasteiger partial charge on any atom is 0.181 e. The highest BCUT2D eigenvalue weighted by Gasteiger charge is 2.27. The van der Waals surface area contributed by atoms with Gasteiger partial charge in [0.15, 0.2) is 16.6 Å². The highest BCUT2D eigenvalue weighted by molar-refractivity contribution is 7.22. The van der Waals surface area contributed by atoms with Crippen LogP contribution in [0.1, 0.15) is 62.1 Å². The lowest BCUT2D eigenvalue weighted by Gasteiger charge is -2.36. The molecule has 0 fully saturated rings. The number of rotatable bonds is 15. The van der Waals surface area contributed by atoms with Crippen LogP contribution >= 0.6 is 48.6 Å². The number of methoxy groups -OCH3 is 2. The van der Waals surface area contributed by atoms with Crippen LogP contribution in [-0.4, -0.2) is 56.3 Å². The molecule has 0 unspecified atom stereocenters. The summed E-state index contributed by atoms with van der Waals surface area (Å²) in [6.45, 7) is 6.81. The molecule has 6 nitrogen and oxygen atoms in total. The van der Waals surface area contributed by atoms with Gasteiger partial charge in [-0.15, -0.1) is 37.2 Å². The van der Waals surface area contributed by atoms with Crippen LogP contribution in [0.3, 0.4) is 0 Å². The Bertz CT molecular complexity index is 1150. The topological polar surface area (TPSA) is 72.6 Å². The van der Waals surface area contributed by atoms with E-state index in [1.807, 2.05) is 0 Å². The van der Waals surface area contributed by atoms with E-state index in [0.29, 0.717) is 11.2 Å². The van der Waals surface area contributed by atoms with Gasteiger partial charge in [0.05, 0.1) is 24.4 Å². The van der Waals surface area contributed by atoms with Crippen molar-refractivity contribution in [2.45, 2.75) is 70.8 Å². The Morgan fingerprint density at radius 1 is 1.00 bits per heavy atom. The summed E-state index contributed by atoms with van der Waals surface area (Å²) in [6, 6.07) is 11.4. The molecule has 0 radical (unpaired) electrons. The minimum absolute atomic E-state index is 0. The maximum absolute atomic E-state index is 5.82. The SMILES string of the molecule is CCCN(CCCCCCNCCc1ccc2nc(N)sc2c1)[C@H]1CCc2c(ccc(OC)c2OC)C1.Cl.Cl.Cl. The molecule has 2 aromatic carbocycles. The largest absolute Gasteiger partial charge is 0.493 e. The zero-order valence-corrected chi connectivity index (χ0v) is 27.3. The number of anilines is 1. The van der Waals surface area contributed by atoms with Crippen molar-refractivity contribution in [3.63, 3.8) is 0 Å².